The Labute approximate surface area is 179 Å². The third kappa shape index (κ3) is 4.73. The molecule has 0 bridgehead atoms. The fraction of sp³-hybridized carbons (Fsp3) is 0.105. The highest BCUT2D eigenvalue weighted by Crippen LogP contribution is 2.26. The molecule has 144 valence electrons. The first kappa shape index (κ1) is 20.4. The molecule has 1 aliphatic heterocycles. The number of hydrogen-bond donors (Lipinski definition) is 3. The zero-order valence-corrected chi connectivity index (χ0v) is 17.4. The largest absolute Gasteiger partial charge is 0.386 e. The molecule has 0 atom stereocenters. The lowest BCUT2D eigenvalue weighted by Gasteiger charge is -2.18. The number of carbonyl (C=O) groups is 3. The lowest BCUT2D eigenvalue weighted by Crippen LogP contribution is -2.37. The summed E-state index contributed by atoms with van der Waals surface area (Å²) in [6.45, 7) is 0.440. The van der Waals surface area contributed by atoms with Gasteiger partial charge in [-0.1, -0.05) is 51.3 Å². The van der Waals surface area contributed by atoms with Crippen LogP contribution < -0.4 is 16.0 Å². The van der Waals surface area contributed by atoms with E-state index in [1.165, 1.54) is 0 Å². The molecule has 28 heavy (non-hydrogen) atoms. The molecule has 0 radical (unpaired) electrons. The second-order valence-electron chi connectivity index (χ2n) is 5.90. The maximum absolute atomic E-state index is 12.2. The second-order valence-corrected chi connectivity index (χ2v) is 7.91. The van der Waals surface area contributed by atoms with Crippen molar-refractivity contribution >= 4 is 68.1 Å². The van der Waals surface area contributed by atoms with Crippen molar-refractivity contribution in [1.29, 1.82) is 0 Å². The van der Waals surface area contributed by atoms with E-state index in [2.05, 4.69) is 31.9 Å². The van der Waals surface area contributed by atoms with Gasteiger partial charge in [0.1, 0.15) is 0 Å². The summed E-state index contributed by atoms with van der Waals surface area (Å²) in [5, 5.41) is 7.98. The Kier molecular flexibility index (Phi) is 6.39. The summed E-state index contributed by atoms with van der Waals surface area (Å²) in [7, 11) is 0. The molecule has 0 fully saturated rings. The van der Waals surface area contributed by atoms with Crippen LogP contribution in [0.1, 0.15) is 21.5 Å². The number of carbonyl (C=O) groups excluding carboxylic acids is 3. The lowest BCUT2D eigenvalue weighted by molar-refractivity contribution is -0.115. The smallest absolute Gasteiger partial charge is 0.260 e. The molecule has 0 aromatic heterocycles. The van der Waals surface area contributed by atoms with Crippen LogP contribution in [-0.4, -0.2) is 22.6 Å². The number of imide groups is 1. The van der Waals surface area contributed by atoms with E-state index in [1.807, 2.05) is 12.1 Å². The zero-order valence-electron chi connectivity index (χ0n) is 14.3. The molecule has 3 amide bonds. The van der Waals surface area contributed by atoms with Crippen molar-refractivity contribution < 1.29 is 14.4 Å². The van der Waals surface area contributed by atoms with Gasteiger partial charge in [0.2, 0.25) is 0 Å². The van der Waals surface area contributed by atoms with E-state index in [0.29, 0.717) is 28.9 Å². The van der Waals surface area contributed by atoms with Crippen LogP contribution >= 0.6 is 39.1 Å². The Morgan fingerprint density at radius 2 is 1.79 bits per heavy atom. The van der Waals surface area contributed by atoms with E-state index in [-0.39, 0.29) is 0 Å². The monoisotopic (exact) mass is 481 g/mol. The fourth-order valence-corrected chi connectivity index (χ4v) is 3.08. The van der Waals surface area contributed by atoms with Crippen molar-refractivity contribution in [2.24, 2.45) is 0 Å². The van der Waals surface area contributed by atoms with Crippen molar-refractivity contribution in [3.05, 3.63) is 69.8 Å². The summed E-state index contributed by atoms with van der Waals surface area (Å²) in [6, 6.07) is 12.2. The van der Waals surface area contributed by atoms with Gasteiger partial charge in [-0.05, 0) is 35.9 Å². The number of fused-ring (bicyclic) bond motifs is 1. The SMILES string of the molecule is O=C1NC(=O)c2ccc(Br)cc2/C1=C/NCc1ccc(NC(=O)C(Cl)Cl)cc1. The Hall–Kier alpha value is -2.35. The minimum absolute atomic E-state index is 0.370. The van der Waals surface area contributed by atoms with Gasteiger partial charge in [-0.2, -0.15) is 0 Å². The second kappa shape index (κ2) is 8.77. The first-order valence-electron chi connectivity index (χ1n) is 8.12. The molecule has 1 aliphatic rings. The van der Waals surface area contributed by atoms with Crippen LogP contribution in [0, 0.1) is 0 Å². The summed E-state index contributed by atoms with van der Waals surface area (Å²) in [5.74, 6) is -1.38. The van der Waals surface area contributed by atoms with Crippen LogP contribution in [0.5, 0.6) is 0 Å². The van der Waals surface area contributed by atoms with E-state index < -0.39 is 22.6 Å². The Morgan fingerprint density at radius 3 is 2.46 bits per heavy atom. The Balaban J connectivity index is 1.70. The van der Waals surface area contributed by atoms with Gasteiger partial charge in [-0.3, -0.25) is 19.7 Å². The third-order valence-electron chi connectivity index (χ3n) is 3.96. The number of halogens is 3. The molecule has 0 saturated heterocycles. The summed E-state index contributed by atoms with van der Waals surface area (Å²) >= 11 is 14.4. The van der Waals surface area contributed by atoms with Crippen LogP contribution in [0.2, 0.25) is 0 Å². The molecule has 0 unspecified atom stereocenters. The molecule has 3 N–H and O–H groups in total. The van der Waals surface area contributed by atoms with Crippen molar-refractivity contribution in [2.75, 3.05) is 5.32 Å². The molecule has 6 nitrogen and oxygen atoms in total. The summed E-state index contributed by atoms with van der Waals surface area (Å²) in [5.41, 5.74) is 2.86. The first-order chi connectivity index (χ1) is 13.3. The molecule has 2 aromatic carbocycles. The Morgan fingerprint density at radius 1 is 1.07 bits per heavy atom. The zero-order chi connectivity index (χ0) is 20.3. The topological polar surface area (TPSA) is 87.3 Å². The number of nitrogens with one attached hydrogen (secondary N) is 3. The number of rotatable bonds is 5. The van der Waals surface area contributed by atoms with Gasteiger partial charge in [-0.25, -0.2) is 0 Å². The summed E-state index contributed by atoms with van der Waals surface area (Å²) in [4.78, 5) is 34.5. The highest BCUT2D eigenvalue weighted by atomic mass is 79.9. The third-order valence-corrected chi connectivity index (χ3v) is 4.85. The molecule has 2 aromatic rings. The van der Waals surface area contributed by atoms with Gasteiger partial charge < -0.3 is 10.6 Å². The van der Waals surface area contributed by atoms with Gasteiger partial charge in [0, 0.05) is 34.0 Å². The molecule has 9 heteroatoms. The van der Waals surface area contributed by atoms with Crippen LogP contribution in [0.3, 0.4) is 0 Å². The molecule has 3 rings (SSSR count). The van der Waals surface area contributed by atoms with E-state index in [9.17, 15) is 14.4 Å². The van der Waals surface area contributed by atoms with Crippen LogP contribution in [-0.2, 0) is 16.1 Å². The van der Waals surface area contributed by atoms with E-state index in [4.69, 9.17) is 23.2 Å². The van der Waals surface area contributed by atoms with Crippen molar-refractivity contribution in [1.82, 2.24) is 10.6 Å². The normalized spacial score (nSPS) is 14.6. The molecular formula is C19H14BrCl2N3O3. The predicted octanol–water partition coefficient (Wildman–Crippen LogP) is 3.59. The summed E-state index contributed by atoms with van der Waals surface area (Å²) < 4.78 is 0.772. The number of benzene rings is 2. The number of alkyl halides is 2. The number of hydrogen-bond acceptors (Lipinski definition) is 4. The van der Waals surface area contributed by atoms with Crippen LogP contribution in [0.25, 0.3) is 5.57 Å². The van der Waals surface area contributed by atoms with Crippen LogP contribution in [0.4, 0.5) is 5.69 Å². The quantitative estimate of drug-likeness (QED) is 0.345. The van der Waals surface area contributed by atoms with Crippen LogP contribution in [0.15, 0.2) is 53.1 Å². The summed E-state index contributed by atoms with van der Waals surface area (Å²) in [6.07, 6.45) is 1.58. The average Bonchev–Trinajstić information content (AvgIpc) is 2.65. The molecule has 0 saturated carbocycles. The van der Waals surface area contributed by atoms with E-state index in [0.717, 1.165) is 10.0 Å². The molecular weight excluding hydrogens is 469 g/mol. The minimum Gasteiger partial charge on any atom is -0.386 e. The number of anilines is 1. The van der Waals surface area contributed by atoms with Gasteiger partial charge >= 0.3 is 0 Å². The Bertz CT molecular complexity index is 975. The van der Waals surface area contributed by atoms with Crippen molar-refractivity contribution in [3.8, 4) is 0 Å². The fourth-order valence-electron chi connectivity index (χ4n) is 2.61. The maximum Gasteiger partial charge on any atom is 0.260 e. The lowest BCUT2D eigenvalue weighted by atomic mass is 9.95. The van der Waals surface area contributed by atoms with Gasteiger partial charge in [0.25, 0.3) is 17.7 Å². The minimum atomic E-state index is -1.13. The van der Waals surface area contributed by atoms with Crippen molar-refractivity contribution in [2.45, 2.75) is 11.4 Å². The molecule has 0 aliphatic carbocycles. The molecule has 0 spiro atoms. The van der Waals surface area contributed by atoms with Gasteiger partial charge in [-0.15, -0.1) is 0 Å². The predicted molar refractivity (Wildman–Crippen MR) is 112 cm³/mol. The highest BCUT2D eigenvalue weighted by molar-refractivity contribution is 9.10. The van der Waals surface area contributed by atoms with E-state index in [1.54, 1.807) is 36.5 Å². The molecule has 1 heterocycles. The average molecular weight is 483 g/mol. The van der Waals surface area contributed by atoms with E-state index >= 15 is 0 Å². The first-order valence-corrected chi connectivity index (χ1v) is 9.79. The standard InChI is InChI=1S/C19H14BrCl2N3O3/c20-11-3-6-13-14(7-11)15(18(27)25-17(13)26)9-23-8-10-1-4-12(5-2-10)24-19(28)16(21)22/h1-7,9,16,23H,8H2,(H,24,28)(H,25,26,27)/b15-9-. The number of amides is 3. The van der Waals surface area contributed by atoms with Gasteiger partial charge in [0.05, 0.1) is 5.57 Å². The highest BCUT2D eigenvalue weighted by Gasteiger charge is 2.27. The van der Waals surface area contributed by atoms with Crippen molar-refractivity contribution in [3.63, 3.8) is 0 Å². The maximum atomic E-state index is 12.2. The van der Waals surface area contributed by atoms with Gasteiger partial charge in [0.15, 0.2) is 4.84 Å².